The number of fused-ring (bicyclic) bond motifs is 1. The van der Waals surface area contributed by atoms with Gasteiger partial charge in [-0.2, -0.15) is 5.26 Å². The van der Waals surface area contributed by atoms with Crippen molar-refractivity contribution in [3.63, 3.8) is 0 Å². The molecule has 9 heteroatoms. The van der Waals surface area contributed by atoms with Gasteiger partial charge >= 0.3 is 0 Å². The summed E-state index contributed by atoms with van der Waals surface area (Å²) in [5, 5.41) is 13.2. The Morgan fingerprint density at radius 3 is 2.68 bits per heavy atom. The molecule has 1 fully saturated rings. The van der Waals surface area contributed by atoms with Gasteiger partial charge in [0.25, 0.3) is 5.92 Å². The lowest BCUT2D eigenvalue weighted by Gasteiger charge is -2.20. The van der Waals surface area contributed by atoms with Crippen LogP contribution in [0.4, 0.5) is 19.0 Å². The number of alkyl halides is 2. The first-order valence-corrected chi connectivity index (χ1v) is 11.1. The molecule has 0 unspecified atom stereocenters. The number of ether oxygens (including phenoxy) is 2. The van der Waals surface area contributed by atoms with Crippen molar-refractivity contribution in [3.05, 3.63) is 58.7 Å². The first kappa shape index (κ1) is 23.8. The van der Waals surface area contributed by atoms with Gasteiger partial charge in [-0.15, -0.1) is 0 Å². The quantitative estimate of drug-likeness (QED) is 0.399. The number of hydrogen-bond acceptors (Lipinski definition) is 6. The van der Waals surface area contributed by atoms with Gasteiger partial charge in [0.2, 0.25) is 0 Å². The molecule has 34 heavy (non-hydrogen) atoms. The van der Waals surface area contributed by atoms with Crippen LogP contribution >= 0.6 is 0 Å². The van der Waals surface area contributed by atoms with E-state index in [1.807, 2.05) is 0 Å². The molecule has 0 amide bonds. The van der Waals surface area contributed by atoms with Gasteiger partial charge in [0.05, 0.1) is 35.4 Å². The summed E-state index contributed by atoms with van der Waals surface area (Å²) in [6.45, 7) is 4.72. The first-order valence-electron chi connectivity index (χ1n) is 11.1. The number of nitrogens with one attached hydrogen (secondary N) is 1. The Labute approximate surface area is 195 Å². The lowest BCUT2D eigenvalue weighted by atomic mass is 10.0. The maximum atomic E-state index is 14.9. The predicted octanol–water partition coefficient (Wildman–Crippen LogP) is 5.79. The van der Waals surface area contributed by atoms with Crippen LogP contribution in [-0.2, 0) is 10.7 Å². The van der Waals surface area contributed by atoms with Gasteiger partial charge in [-0.05, 0) is 38.8 Å². The molecule has 0 spiro atoms. The van der Waals surface area contributed by atoms with Crippen LogP contribution in [0.2, 0.25) is 0 Å². The predicted molar refractivity (Wildman–Crippen MR) is 121 cm³/mol. The molecule has 0 saturated heterocycles. The largest absolute Gasteiger partial charge is 0.490 e. The molecule has 2 aromatic carbocycles. The van der Waals surface area contributed by atoms with Gasteiger partial charge in [0.1, 0.15) is 35.9 Å². The molecule has 1 aliphatic rings. The van der Waals surface area contributed by atoms with Gasteiger partial charge in [-0.3, -0.25) is 0 Å². The van der Waals surface area contributed by atoms with Gasteiger partial charge < -0.3 is 14.8 Å². The first-order chi connectivity index (χ1) is 16.2. The molecule has 1 aromatic heterocycles. The Bertz CT molecular complexity index is 1250. The minimum Gasteiger partial charge on any atom is -0.490 e. The molecule has 1 heterocycles. The number of nitrogens with zero attached hydrogens (tertiary/aromatic N) is 3. The SMILES string of the molecule is Cc1nc(N[C@H](C)c2cccc(C(C)(F)F)c2F)c2cc(OCCOC3CC3)c(C#N)cc2n1. The van der Waals surface area contributed by atoms with Crippen molar-refractivity contribution in [1.29, 1.82) is 5.26 Å². The lowest BCUT2D eigenvalue weighted by Crippen LogP contribution is -2.16. The summed E-state index contributed by atoms with van der Waals surface area (Å²) in [7, 11) is 0. The fraction of sp³-hybridized carbons (Fsp3) is 0.400. The van der Waals surface area contributed by atoms with E-state index in [0.717, 1.165) is 18.9 Å². The Morgan fingerprint density at radius 1 is 1.24 bits per heavy atom. The average molecular weight is 470 g/mol. The molecule has 1 saturated carbocycles. The highest BCUT2D eigenvalue weighted by molar-refractivity contribution is 5.91. The summed E-state index contributed by atoms with van der Waals surface area (Å²) in [5.74, 6) is -3.09. The Kier molecular flexibility index (Phi) is 6.62. The monoisotopic (exact) mass is 470 g/mol. The fourth-order valence-electron chi connectivity index (χ4n) is 3.70. The molecular formula is C25H25F3N4O2. The molecule has 1 N–H and O–H groups in total. The van der Waals surface area contributed by atoms with Crippen LogP contribution in [0.1, 0.15) is 55.2 Å². The zero-order valence-electron chi connectivity index (χ0n) is 19.2. The van der Waals surface area contributed by atoms with Crippen LogP contribution in [0, 0.1) is 24.1 Å². The van der Waals surface area contributed by atoms with E-state index in [9.17, 15) is 18.4 Å². The minimum atomic E-state index is -3.30. The summed E-state index contributed by atoms with van der Waals surface area (Å²) in [5.41, 5.74) is 0.255. The Morgan fingerprint density at radius 2 is 2.00 bits per heavy atom. The van der Waals surface area contributed by atoms with Crippen LogP contribution in [-0.4, -0.2) is 29.3 Å². The zero-order chi connectivity index (χ0) is 24.5. The zero-order valence-corrected chi connectivity index (χ0v) is 19.2. The van der Waals surface area contributed by atoms with E-state index in [-0.39, 0.29) is 12.2 Å². The third kappa shape index (κ3) is 5.23. The molecule has 1 atom stereocenters. The van der Waals surface area contributed by atoms with Gasteiger partial charge in [0.15, 0.2) is 0 Å². The van der Waals surface area contributed by atoms with Crippen molar-refractivity contribution in [2.24, 2.45) is 0 Å². The molecule has 4 rings (SSSR count). The maximum Gasteiger partial charge on any atom is 0.273 e. The van der Waals surface area contributed by atoms with Gasteiger partial charge in [-0.1, -0.05) is 18.2 Å². The van der Waals surface area contributed by atoms with E-state index in [1.54, 1.807) is 26.0 Å². The minimum absolute atomic E-state index is 0.0887. The second kappa shape index (κ2) is 9.47. The summed E-state index contributed by atoms with van der Waals surface area (Å²) in [6.07, 6.45) is 2.42. The number of aromatic nitrogens is 2. The van der Waals surface area contributed by atoms with Crippen molar-refractivity contribution < 1.29 is 22.6 Å². The third-order valence-electron chi connectivity index (χ3n) is 5.57. The number of hydrogen-bond donors (Lipinski definition) is 1. The van der Waals surface area contributed by atoms with Gasteiger partial charge in [-0.25, -0.2) is 23.1 Å². The number of anilines is 1. The second-order valence-corrected chi connectivity index (χ2v) is 8.48. The number of benzene rings is 2. The summed E-state index contributed by atoms with van der Waals surface area (Å²) < 4.78 is 53.9. The standard InChI is InChI=1S/C25H25F3N4O2/c1-14(18-5-4-6-20(23(18)26)25(3,27)28)30-24-19-12-22(34-10-9-33-17-7-8-17)16(13-29)11-21(19)31-15(2)32-24/h4-6,11-12,14,17H,7-10H2,1-3H3,(H,30,31,32)/t14-/m1/s1. The van der Waals surface area contributed by atoms with E-state index in [2.05, 4.69) is 21.4 Å². The van der Waals surface area contributed by atoms with Crippen molar-refractivity contribution in [3.8, 4) is 11.8 Å². The molecule has 178 valence electrons. The average Bonchev–Trinajstić information content (AvgIpc) is 3.60. The molecule has 0 radical (unpaired) electrons. The van der Waals surface area contributed by atoms with Crippen molar-refractivity contribution in [1.82, 2.24) is 9.97 Å². The number of aryl methyl sites for hydroxylation is 1. The smallest absolute Gasteiger partial charge is 0.273 e. The Hall–Kier alpha value is -3.38. The molecular weight excluding hydrogens is 445 g/mol. The molecule has 3 aromatic rings. The van der Waals surface area contributed by atoms with Crippen LogP contribution in [0.25, 0.3) is 10.9 Å². The highest BCUT2D eigenvalue weighted by atomic mass is 19.3. The normalized spacial score (nSPS) is 14.6. The highest BCUT2D eigenvalue weighted by Crippen LogP contribution is 2.35. The van der Waals surface area contributed by atoms with Crippen LogP contribution in [0.3, 0.4) is 0 Å². The topological polar surface area (TPSA) is 80.1 Å². The van der Waals surface area contributed by atoms with E-state index in [4.69, 9.17) is 9.47 Å². The van der Waals surface area contributed by atoms with Crippen molar-refractivity contribution in [2.45, 2.75) is 51.7 Å². The third-order valence-corrected chi connectivity index (χ3v) is 5.57. The Balaban J connectivity index is 1.65. The maximum absolute atomic E-state index is 14.9. The second-order valence-electron chi connectivity index (χ2n) is 8.48. The number of nitriles is 1. The van der Waals surface area contributed by atoms with Crippen LogP contribution in [0.15, 0.2) is 30.3 Å². The molecule has 0 bridgehead atoms. The van der Waals surface area contributed by atoms with E-state index < -0.39 is 23.3 Å². The van der Waals surface area contributed by atoms with Crippen LogP contribution < -0.4 is 10.1 Å². The number of halogens is 3. The lowest BCUT2D eigenvalue weighted by molar-refractivity contribution is 0.0136. The van der Waals surface area contributed by atoms with Crippen molar-refractivity contribution in [2.75, 3.05) is 18.5 Å². The molecule has 1 aliphatic carbocycles. The molecule has 6 nitrogen and oxygen atoms in total. The molecule has 0 aliphatic heterocycles. The van der Waals surface area contributed by atoms with E-state index in [0.29, 0.717) is 53.5 Å². The summed E-state index contributed by atoms with van der Waals surface area (Å²) in [4.78, 5) is 8.84. The van der Waals surface area contributed by atoms with E-state index in [1.165, 1.54) is 12.1 Å². The number of rotatable bonds is 9. The van der Waals surface area contributed by atoms with E-state index >= 15 is 0 Å². The fourth-order valence-corrected chi connectivity index (χ4v) is 3.70. The van der Waals surface area contributed by atoms with Crippen LogP contribution in [0.5, 0.6) is 5.75 Å². The summed E-state index contributed by atoms with van der Waals surface area (Å²) in [6, 6.07) is 8.65. The van der Waals surface area contributed by atoms with Gasteiger partial charge in [0, 0.05) is 17.9 Å². The summed E-state index contributed by atoms with van der Waals surface area (Å²) >= 11 is 0. The van der Waals surface area contributed by atoms with Crippen molar-refractivity contribution >= 4 is 16.7 Å². The highest BCUT2D eigenvalue weighted by Gasteiger charge is 2.30.